The molecule has 1 atom stereocenters. The molecule has 0 aliphatic carbocycles. The van der Waals surface area contributed by atoms with Crippen LogP contribution in [0, 0.1) is 0 Å². The Bertz CT molecular complexity index is 760. The first-order valence-corrected chi connectivity index (χ1v) is 8.77. The summed E-state index contributed by atoms with van der Waals surface area (Å²) in [4.78, 5) is 14.0. The van der Waals surface area contributed by atoms with Crippen molar-refractivity contribution in [1.82, 2.24) is 5.32 Å². The van der Waals surface area contributed by atoms with Gasteiger partial charge in [0, 0.05) is 24.8 Å². The van der Waals surface area contributed by atoms with Crippen molar-refractivity contribution in [2.45, 2.75) is 32.9 Å². The van der Waals surface area contributed by atoms with Crippen molar-refractivity contribution >= 4 is 17.4 Å². The summed E-state index contributed by atoms with van der Waals surface area (Å²) in [7, 11) is 0. The zero-order valence-electron chi connectivity index (χ0n) is 14.7. The van der Waals surface area contributed by atoms with E-state index >= 15 is 0 Å². The Kier molecular flexibility index (Phi) is 5.24. The molecule has 1 aliphatic heterocycles. The number of carbonyl (C=O) groups is 1. The minimum Gasteiger partial charge on any atom is -0.392 e. The van der Waals surface area contributed by atoms with Crippen LogP contribution in [0.2, 0.25) is 0 Å². The van der Waals surface area contributed by atoms with Crippen LogP contribution >= 0.6 is 0 Å². The standard InChI is InChI=1S/C20H25N3O2/c1-3-21-20(25)23-10-9-16-7-8-18(12-19(16)23)22-14(2)17-6-4-5-15(11-17)13-24/h4-8,11-12,14,22,24H,3,9-10,13H2,1-2H3,(H,21,25). The van der Waals surface area contributed by atoms with Crippen LogP contribution in [0.1, 0.15) is 36.6 Å². The molecule has 1 heterocycles. The molecule has 2 aromatic rings. The molecule has 0 saturated heterocycles. The minimum atomic E-state index is -0.0397. The molecule has 0 saturated carbocycles. The predicted octanol–water partition coefficient (Wildman–Crippen LogP) is 3.44. The van der Waals surface area contributed by atoms with Crippen molar-refractivity contribution in [3.05, 3.63) is 59.2 Å². The van der Waals surface area contributed by atoms with Gasteiger partial charge in [0.2, 0.25) is 0 Å². The molecule has 0 bridgehead atoms. The quantitative estimate of drug-likeness (QED) is 0.782. The van der Waals surface area contributed by atoms with Gasteiger partial charge in [0.1, 0.15) is 0 Å². The Morgan fingerprint density at radius 1 is 1.28 bits per heavy atom. The van der Waals surface area contributed by atoms with Crippen LogP contribution < -0.4 is 15.5 Å². The molecule has 3 rings (SSSR count). The van der Waals surface area contributed by atoms with Gasteiger partial charge in [0.15, 0.2) is 0 Å². The number of anilines is 2. The Morgan fingerprint density at radius 3 is 2.88 bits per heavy atom. The van der Waals surface area contributed by atoms with Gasteiger partial charge in [0.25, 0.3) is 0 Å². The summed E-state index contributed by atoms with van der Waals surface area (Å²) in [6, 6.07) is 14.2. The summed E-state index contributed by atoms with van der Waals surface area (Å²) in [5, 5.41) is 15.7. The van der Waals surface area contributed by atoms with E-state index in [0.29, 0.717) is 6.54 Å². The number of aliphatic hydroxyl groups excluding tert-OH is 1. The topological polar surface area (TPSA) is 64.6 Å². The number of hydrogen-bond acceptors (Lipinski definition) is 3. The Balaban J connectivity index is 1.78. The van der Waals surface area contributed by atoms with Gasteiger partial charge in [-0.15, -0.1) is 0 Å². The van der Waals surface area contributed by atoms with Crippen molar-refractivity contribution in [2.75, 3.05) is 23.3 Å². The second-order valence-electron chi connectivity index (χ2n) is 6.35. The van der Waals surface area contributed by atoms with Gasteiger partial charge in [-0.05, 0) is 49.1 Å². The highest BCUT2D eigenvalue weighted by Gasteiger charge is 2.24. The average molecular weight is 339 g/mol. The molecule has 1 unspecified atom stereocenters. The van der Waals surface area contributed by atoms with E-state index in [0.717, 1.165) is 35.5 Å². The highest BCUT2D eigenvalue weighted by Crippen LogP contribution is 2.32. The molecule has 0 aromatic heterocycles. The predicted molar refractivity (Wildman–Crippen MR) is 101 cm³/mol. The molecule has 132 valence electrons. The number of fused-ring (bicyclic) bond motifs is 1. The van der Waals surface area contributed by atoms with Gasteiger partial charge in [0.05, 0.1) is 12.3 Å². The third kappa shape index (κ3) is 3.77. The number of carbonyl (C=O) groups excluding carboxylic acids is 1. The lowest BCUT2D eigenvalue weighted by Gasteiger charge is -2.20. The van der Waals surface area contributed by atoms with Crippen molar-refractivity contribution in [1.29, 1.82) is 0 Å². The summed E-state index contributed by atoms with van der Waals surface area (Å²) < 4.78 is 0. The molecular formula is C20H25N3O2. The fraction of sp³-hybridized carbons (Fsp3) is 0.350. The van der Waals surface area contributed by atoms with Crippen molar-refractivity contribution in [2.24, 2.45) is 0 Å². The zero-order valence-corrected chi connectivity index (χ0v) is 14.7. The van der Waals surface area contributed by atoms with Crippen molar-refractivity contribution in [3.8, 4) is 0 Å². The largest absolute Gasteiger partial charge is 0.392 e. The molecule has 5 nitrogen and oxygen atoms in total. The summed E-state index contributed by atoms with van der Waals surface area (Å²) in [5.74, 6) is 0. The summed E-state index contributed by atoms with van der Waals surface area (Å²) in [5.41, 5.74) is 5.19. The van der Waals surface area contributed by atoms with Crippen LogP contribution in [-0.4, -0.2) is 24.2 Å². The monoisotopic (exact) mass is 339 g/mol. The number of urea groups is 1. The molecular weight excluding hydrogens is 314 g/mol. The number of hydrogen-bond donors (Lipinski definition) is 3. The third-order valence-corrected chi connectivity index (χ3v) is 4.57. The lowest BCUT2D eigenvalue weighted by atomic mass is 10.0. The second kappa shape index (κ2) is 7.57. The first-order chi connectivity index (χ1) is 12.1. The molecule has 1 aliphatic rings. The van der Waals surface area contributed by atoms with Crippen LogP contribution in [-0.2, 0) is 13.0 Å². The molecule has 3 N–H and O–H groups in total. The molecule has 2 aromatic carbocycles. The molecule has 2 amide bonds. The molecule has 25 heavy (non-hydrogen) atoms. The van der Waals surface area contributed by atoms with Gasteiger partial charge in [-0.2, -0.15) is 0 Å². The van der Waals surface area contributed by atoms with Gasteiger partial charge in [-0.25, -0.2) is 4.79 Å². The number of amides is 2. The first kappa shape index (κ1) is 17.3. The third-order valence-electron chi connectivity index (χ3n) is 4.57. The van der Waals surface area contributed by atoms with Crippen molar-refractivity contribution in [3.63, 3.8) is 0 Å². The SMILES string of the molecule is CCNC(=O)N1CCc2ccc(NC(C)c3cccc(CO)c3)cc21. The van der Waals surface area contributed by atoms with Crippen molar-refractivity contribution < 1.29 is 9.90 Å². The maximum absolute atomic E-state index is 12.2. The minimum absolute atomic E-state index is 0.0397. The van der Waals surface area contributed by atoms with E-state index in [-0.39, 0.29) is 18.7 Å². The zero-order chi connectivity index (χ0) is 17.8. The van der Waals surface area contributed by atoms with Gasteiger partial charge in [-0.3, -0.25) is 4.90 Å². The highest BCUT2D eigenvalue weighted by molar-refractivity contribution is 5.94. The van der Waals surface area contributed by atoms with E-state index in [4.69, 9.17) is 0 Å². The number of benzene rings is 2. The summed E-state index contributed by atoms with van der Waals surface area (Å²) in [6.45, 7) is 5.40. The second-order valence-corrected chi connectivity index (χ2v) is 6.35. The smallest absolute Gasteiger partial charge is 0.321 e. The lowest BCUT2D eigenvalue weighted by Crippen LogP contribution is -2.38. The van der Waals surface area contributed by atoms with Crippen LogP contribution in [0.5, 0.6) is 0 Å². The maximum Gasteiger partial charge on any atom is 0.321 e. The molecule has 0 spiro atoms. The normalized spacial score (nSPS) is 14.1. The number of aliphatic hydroxyl groups is 1. The lowest BCUT2D eigenvalue weighted by molar-refractivity contribution is 0.247. The summed E-state index contributed by atoms with van der Waals surface area (Å²) >= 11 is 0. The van der Waals surface area contributed by atoms with Crippen LogP contribution in [0.25, 0.3) is 0 Å². The fourth-order valence-corrected chi connectivity index (χ4v) is 3.22. The number of rotatable bonds is 5. The van der Waals surface area contributed by atoms with E-state index in [1.54, 1.807) is 4.90 Å². The van der Waals surface area contributed by atoms with E-state index < -0.39 is 0 Å². The van der Waals surface area contributed by atoms with E-state index in [2.05, 4.69) is 29.7 Å². The van der Waals surface area contributed by atoms with Crippen LogP contribution in [0.4, 0.5) is 16.2 Å². The fourth-order valence-electron chi connectivity index (χ4n) is 3.22. The van der Waals surface area contributed by atoms with E-state index in [9.17, 15) is 9.90 Å². The average Bonchev–Trinajstić information content (AvgIpc) is 3.05. The Morgan fingerprint density at radius 2 is 2.12 bits per heavy atom. The number of nitrogens with one attached hydrogen (secondary N) is 2. The summed E-state index contributed by atoms with van der Waals surface area (Å²) in [6.07, 6.45) is 0.890. The molecule has 0 radical (unpaired) electrons. The van der Waals surface area contributed by atoms with Gasteiger partial charge >= 0.3 is 6.03 Å². The van der Waals surface area contributed by atoms with Gasteiger partial charge < -0.3 is 15.7 Å². The van der Waals surface area contributed by atoms with Crippen LogP contribution in [0.15, 0.2) is 42.5 Å². The highest BCUT2D eigenvalue weighted by atomic mass is 16.3. The van der Waals surface area contributed by atoms with E-state index in [1.165, 1.54) is 5.56 Å². The first-order valence-electron chi connectivity index (χ1n) is 8.77. The number of nitrogens with zero attached hydrogens (tertiary/aromatic N) is 1. The maximum atomic E-state index is 12.2. The van der Waals surface area contributed by atoms with Crippen LogP contribution in [0.3, 0.4) is 0 Å². The van der Waals surface area contributed by atoms with Gasteiger partial charge in [-0.1, -0.05) is 30.3 Å². The molecule has 0 fully saturated rings. The van der Waals surface area contributed by atoms with E-state index in [1.807, 2.05) is 37.3 Å². The Labute approximate surface area is 148 Å². The Hall–Kier alpha value is -2.53. The molecule has 5 heteroatoms.